The Morgan fingerprint density at radius 2 is 1.29 bits per heavy atom. The first-order chi connectivity index (χ1) is 49.9. The van der Waals surface area contributed by atoms with Crippen molar-refractivity contribution in [1.82, 2.24) is 60.0 Å². The van der Waals surface area contributed by atoms with Gasteiger partial charge in [0, 0.05) is 87.9 Å². The largest absolute Gasteiger partial charge is 0.391 e. The lowest BCUT2D eigenvalue weighted by atomic mass is 9.58. The lowest BCUT2D eigenvalue weighted by Crippen LogP contribution is -2.71. The molecule has 2 bridgehead atoms. The summed E-state index contributed by atoms with van der Waals surface area (Å²) in [4.78, 5) is 190. The number of hydrogen-bond donors (Lipinski definition) is 3. The van der Waals surface area contributed by atoms with Gasteiger partial charge in [0.05, 0.1) is 43.3 Å². The normalized spacial score (nSPS) is 31.9. The number of rotatable bonds is 12. The molecule has 3 unspecified atom stereocenters. The number of nitrogens with zero attached hydrogens (tertiary/aromatic N) is 9. The van der Waals surface area contributed by atoms with E-state index in [1.807, 2.05) is 13.8 Å². The summed E-state index contributed by atoms with van der Waals surface area (Å²) in [5, 5.41) is 7.61. The van der Waals surface area contributed by atoms with Crippen LogP contribution in [0, 0.1) is 35.0 Å². The second-order valence-corrected chi connectivity index (χ2v) is 33.4. The minimum atomic E-state index is -5.13. The van der Waals surface area contributed by atoms with Crippen LogP contribution in [-0.2, 0) is 62.3 Å². The first kappa shape index (κ1) is 87.7. The van der Waals surface area contributed by atoms with Crippen molar-refractivity contribution >= 4 is 94.1 Å². The topological polar surface area (TPSA) is 279 Å². The molecule has 0 aromatic rings. The molecule has 604 valence electrons. The maximum absolute atomic E-state index is 15.7. The standard InChI is InChI=1S/C74H114Cl2F6N12O13/c1-14-43(3)60-68(104)88(9)40-59(97)89(10)52-23-17-16-20-32-93(67(52)103)55(34-45-24-28-47(29-25-45)74(80,81)82)66(102)87(8)39-57(95)83-51(31-27-44-26-30-49(75)50(76)33-44)64(100)94-38-48(107-15-2)35-53(94)63(99)85-72(41-71(4,5)42-72)70(106)92(13)61(46-21-18-19-22-46)69(105)91(12)54(65(101)86(6)7)36-58(96)90(11)56(62(98)84-60)37-73(77,78)79/h16-17,43-56,60-61H,14-15,18-42H2,1-13H3,(H,83,95)(H,84,98)(H,85,99)/b17-16-/t43-,44?,45?,47?,48+,49?,50?,51-,52-,53-,54-,55-,56-,60-,61-/m0/s1. The molecule has 1 spiro atoms. The fraction of sp³-hybridized carbons (Fsp3) is 0.811. The molecule has 4 aliphatic carbocycles. The van der Waals surface area contributed by atoms with Crippen LogP contribution in [0.2, 0.25) is 0 Å². The SMILES string of the molecule is CCO[C@@H]1C[C@H]2C(=O)NC3(CC(C)(C)C3)C(=O)N(C)[C@@H](C3CCCC3)C(=O)N(C)[C@H](C(=O)N(C)C)CC(=O)N(C)[C@@H](CC(F)(F)F)C(=O)N[C@@H]([C@@H](C)CC)C(=O)N(C)CC(=O)N(C)[C@H]3C/C=C\CCN(C3=O)[C@@H](CC3CCC(C(F)(F)F)CC3)C(=O)N(C)CC(=O)N[C@@H](CCC3CCC(Cl)C(Cl)C3)C(=O)N2C1. The quantitative estimate of drug-likeness (QED) is 0.105. The van der Waals surface area contributed by atoms with Crippen LogP contribution in [-0.4, -0.2) is 287 Å². The van der Waals surface area contributed by atoms with Crippen LogP contribution in [0.25, 0.3) is 0 Å². The Kier molecular flexibility index (Phi) is 30.3. The highest BCUT2D eigenvalue weighted by Gasteiger charge is 2.60. The van der Waals surface area contributed by atoms with Gasteiger partial charge < -0.3 is 64.8 Å². The van der Waals surface area contributed by atoms with Crippen LogP contribution in [0.1, 0.15) is 176 Å². The van der Waals surface area contributed by atoms with E-state index in [9.17, 15) is 55.1 Å². The summed E-state index contributed by atoms with van der Waals surface area (Å²) in [6.07, 6.45) is -6.07. The Hall–Kier alpha value is -6.50. The minimum absolute atomic E-state index is 0.0100. The summed E-state index contributed by atoms with van der Waals surface area (Å²) in [6.45, 7) is 7.05. The third kappa shape index (κ3) is 22.0. The molecule has 3 aliphatic heterocycles. The predicted octanol–water partition coefficient (Wildman–Crippen LogP) is 6.64. The zero-order chi connectivity index (χ0) is 79.7. The second kappa shape index (κ2) is 37.0. The number of halogens is 8. The number of alkyl halides is 8. The van der Waals surface area contributed by atoms with Gasteiger partial charge >= 0.3 is 12.4 Å². The molecule has 33 heteroatoms. The van der Waals surface area contributed by atoms with E-state index in [-0.39, 0.29) is 108 Å². The van der Waals surface area contributed by atoms with Gasteiger partial charge in [0.1, 0.15) is 53.9 Å². The van der Waals surface area contributed by atoms with Gasteiger partial charge in [-0.2, -0.15) is 26.3 Å². The highest BCUT2D eigenvalue weighted by atomic mass is 35.5. The van der Waals surface area contributed by atoms with Crippen molar-refractivity contribution in [2.45, 2.75) is 259 Å². The van der Waals surface area contributed by atoms with Gasteiger partial charge in [-0.15, -0.1) is 23.2 Å². The number of nitrogens with one attached hydrogen (secondary N) is 3. The molecule has 0 aromatic carbocycles. The predicted molar refractivity (Wildman–Crippen MR) is 386 cm³/mol. The molecule has 7 rings (SSSR count). The molecule has 107 heavy (non-hydrogen) atoms. The average molecular weight is 1560 g/mol. The summed E-state index contributed by atoms with van der Waals surface area (Å²) in [7, 11) is 10.0. The third-order valence-electron chi connectivity index (χ3n) is 23.5. The number of ether oxygens (including phenoxy) is 1. The molecule has 0 aromatic heterocycles. The van der Waals surface area contributed by atoms with Crippen LogP contribution in [0.5, 0.6) is 0 Å². The Morgan fingerprint density at radius 1 is 0.664 bits per heavy atom. The third-order valence-corrected chi connectivity index (χ3v) is 24.7. The summed E-state index contributed by atoms with van der Waals surface area (Å²) in [5.41, 5.74) is -2.30. The lowest BCUT2D eigenvalue weighted by Gasteiger charge is -2.54. The van der Waals surface area contributed by atoms with Crippen LogP contribution in [0.15, 0.2) is 12.2 Å². The fourth-order valence-corrected chi connectivity index (χ4v) is 17.8. The van der Waals surface area contributed by atoms with Crippen molar-refractivity contribution < 1.29 is 88.6 Å². The molecule has 6 fully saturated rings. The Balaban J connectivity index is 1.34. The minimum Gasteiger partial charge on any atom is -0.377 e. The lowest BCUT2D eigenvalue weighted by molar-refractivity contribution is -0.184. The summed E-state index contributed by atoms with van der Waals surface area (Å²) in [6, 6.07) is -12.6. The van der Waals surface area contributed by atoms with Gasteiger partial charge in [-0.05, 0) is 139 Å². The molecule has 12 amide bonds. The van der Waals surface area contributed by atoms with E-state index in [4.69, 9.17) is 27.9 Å². The maximum Gasteiger partial charge on any atom is 0.391 e. The van der Waals surface area contributed by atoms with Crippen molar-refractivity contribution in [3.63, 3.8) is 0 Å². The smallest absolute Gasteiger partial charge is 0.377 e. The van der Waals surface area contributed by atoms with E-state index >= 15 is 28.8 Å². The zero-order valence-electron chi connectivity index (χ0n) is 64.3. The van der Waals surface area contributed by atoms with E-state index in [0.717, 1.165) is 31.5 Å². The van der Waals surface area contributed by atoms with Crippen molar-refractivity contribution in [2.24, 2.45) is 35.0 Å². The zero-order valence-corrected chi connectivity index (χ0v) is 65.9. The van der Waals surface area contributed by atoms with E-state index < -0.39 is 204 Å². The molecular weight excluding hydrogens is 1450 g/mol. The van der Waals surface area contributed by atoms with Gasteiger partial charge in [0.25, 0.3) is 0 Å². The van der Waals surface area contributed by atoms with Crippen molar-refractivity contribution in [1.29, 1.82) is 0 Å². The van der Waals surface area contributed by atoms with Gasteiger partial charge in [-0.25, -0.2) is 0 Å². The molecule has 25 nitrogen and oxygen atoms in total. The molecule has 7 aliphatic rings. The monoisotopic (exact) mass is 1560 g/mol. The molecule has 0 radical (unpaired) electrons. The summed E-state index contributed by atoms with van der Waals surface area (Å²) < 4.78 is 92.9. The first-order valence-corrected chi connectivity index (χ1v) is 38.8. The van der Waals surface area contributed by atoms with Gasteiger partial charge in [0.2, 0.25) is 70.9 Å². The van der Waals surface area contributed by atoms with Gasteiger partial charge in [0.15, 0.2) is 0 Å². The second-order valence-electron chi connectivity index (χ2n) is 32.3. The van der Waals surface area contributed by atoms with Crippen LogP contribution >= 0.6 is 23.2 Å². The average Bonchev–Trinajstić information content (AvgIpc) is 0.849. The molecule has 2 saturated heterocycles. The van der Waals surface area contributed by atoms with E-state index in [2.05, 4.69) is 16.0 Å². The van der Waals surface area contributed by atoms with Crippen molar-refractivity contribution in [3.05, 3.63) is 12.2 Å². The van der Waals surface area contributed by atoms with Crippen LogP contribution in [0.4, 0.5) is 26.3 Å². The Morgan fingerprint density at radius 3 is 1.87 bits per heavy atom. The van der Waals surface area contributed by atoms with Gasteiger partial charge in [-0.3, -0.25) is 57.5 Å². The number of amides is 12. The van der Waals surface area contributed by atoms with Gasteiger partial charge in [-0.1, -0.05) is 59.1 Å². The van der Waals surface area contributed by atoms with Crippen LogP contribution < -0.4 is 16.0 Å². The van der Waals surface area contributed by atoms with E-state index in [1.165, 1.54) is 71.0 Å². The fourth-order valence-electron chi connectivity index (χ4n) is 17.2. The first-order valence-electron chi connectivity index (χ1n) is 37.9. The molecule has 3 heterocycles. The molecule has 4 saturated carbocycles. The Labute approximate surface area is 635 Å². The highest BCUT2D eigenvalue weighted by molar-refractivity contribution is 6.30. The maximum atomic E-state index is 15.7. The number of hydrogen-bond acceptors (Lipinski definition) is 13. The number of carbonyl (C=O) groups excluding carboxylic acids is 12. The Bertz CT molecular complexity index is 3240. The van der Waals surface area contributed by atoms with E-state index in [0.29, 0.717) is 56.3 Å². The number of fused-ring (bicyclic) bond motifs is 3. The molecule has 13 atom stereocenters. The molecular formula is C74H114Cl2F6N12O13. The summed E-state index contributed by atoms with van der Waals surface area (Å²) >= 11 is 13.3. The van der Waals surface area contributed by atoms with Crippen LogP contribution in [0.3, 0.4) is 0 Å². The van der Waals surface area contributed by atoms with E-state index in [1.54, 1.807) is 26.0 Å². The highest BCUT2D eigenvalue weighted by Crippen LogP contribution is 2.50. The molecule has 3 N–H and O–H groups in total. The van der Waals surface area contributed by atoms with Crippen molar-refractivity contribution in [2.75, 3.05) is 89.2 Å². The number of likely N-dealkylation sites (N-methyl/N-ethyl adjacent to an activating group) is 7. The van der Waals surface area contributed by atoms with Crippen molar-refractivity contribution in [3.8, 4) is 0 Å². The summed E-state index contributed by atoms with van der Waals surface area (Å²) in [5.74, 6) is -14.2. The number of carbonyl (C=O) groups is 12.